The summed E-state index contributed by atoms with van der Waals surface area (Å²) >= 11 is 1.74. The number of rotatable bonds is 3. The minimum absolute atomic E-state index is 1.02. The Hall–Kier alpha value is -4.86. The molecule has 8 aromatic rings. The predicted molar refractivity (Wildman–Crippen MR) is 166 cm³/mol. The van der Waals surface area contributed by atoms with Gasteiger partial charge in [-0.3, -0.25) is 0 Å². The third-order valence-corrected chi connectivity index (χ3v) is 8.58. The lowest BCUT2D eigenvalue weighted by atomic mass is 9.94. The Balaban J connectivity index is 1.24. The number of aromatic nitrogens is 2. The quantitative estimate of drug-likeness (QED) is 0.219. The molecule has 0 spiro atoms. The van der Waals surface area contributed by atoms with Gasteiger partial charge in [-0.1, -0.05) is 115 Å². The first kappa shape index (κ1) is 22.2. The van der Waals surface area contributed by atoms with E-state index < -0.39 is 0 Å². The molecule has 2 heterocycles. The second-order valence-corrected chi connectivity index (χ2v) is 10.9. The summed E-state index contributed by atoms with van der Waals surface area (Å²) in [5.74, 6) is 0. The molecule has 0 aliphatic rings. The highest BCUT2D eigenvalue weighted by atomic mass is 32.1. The molecule has 0 bridgehead atoms. The number of benzene rings is 6. The Morgan fingerprint density at radius 2 is 1.15 bits per heavy atom. The topological polar surface area (TPSA) is 25.8 Å². The van der Waals surface area contributed by atoms with Gasteiger partial charge in [-0.2, -0.15) is 0 Å². The molecule has 39 heavy (non-hydrogen) atoms. The fourth-order valence-electron chi connectivity index (χ4n) is 5.57. The van der Waals surface area contributed by atoms with Gasteiger partial charge in [-0.15, -0.1) is 11.3 Å². The third-order valence-electron chi connectivity index (χ3n) is 7.49. The van der Waals surface area contributed by atoms with Crippen molar-refractivity contribution in [1.82, 2.24) is 9.97 Å². The number of pyridine rings is 1. The van der Waals surface area contributed by atoms with E-state index in [0.717, 1.165) is 32.9 Å². The summed E-state index contributed by atoms with van der Waals surface area (Å²) in [6, 6.07) is 47.3. The maximum atomic E-state index is 5.15. The minimum Gasteiger partial charge on any atom is -0.247 e. The third kappa shape index (κ3) is 3.70. The lowest BCUT2D eigenvalue weighted by molar-refractivity contribution is 1.43. The summed E-state index contributed by atoms with van der Waals surface area (Å²) in [4.78, 5) is 10.1. The van der Waals surface area contributed by atoms with Crippen LogP contribution in [0.15, 0.2) is 133 Å². The van der Waals surface area contributed by atoms with E-state index in [1.165, 1.54) is 42.8 Å². The van der Waals surface area contributed by atoms with Gasteiger partial charge in [-0.05, 0) is 40.1 Å². The molecule has 182 valence electrons. The van der Waals surface area contributed by atoms with Gasteiger partial charge in [0, 0.05) is 27.3 Å². The van der Waals surface area contributed by atoms with Gasteiger partial charge in [-0.25, -0.2) is 9.97 Å². The summed E-state index contributed by atoms with van der Waals surface area (Å²) in [6.07, 6.45) is 0. The van der Waals surface area contributed by atoms with Crippen LogP contribution in [0.2, 0.25) is 0 Å². The van der Waals surface area contributed by atoms with Crippen LogP contribution in [0.5, 0.6) is 0 Å². The minimum atomic E-state index is 1.02. The smallest absolute Gasteiger partial charge is 0.124 e. The van der Waals surface area contributed by atoms with Crippen molar-refractivity contribution in [3.05, 3.63) is 133 Å². The van der Waals surface area contributed by atoms with Gasteiger partial charge in [0.25, 0.3) is 0 Å². The van der Waals surface area contributed by atoms with Crippen molar-refractivity contribution in [3.63, 3.8) is 0 Å². The maximum Gasteiger partial charge on any atom is 0.124 e. The van der Waals surface area contributed by atoms with E-state index in [4.69, 9.17) is 9.97 Å². The average molecular weight is 515 g/mol. The molecule has 6 aromatic carbocycles. The van der Waals surface area contributed by atoms with E-state index in [1.807, 2.05) is 6.07 Å². The zero-order chi connectivity index (χ0) is 25.8. The van der Waals surface area contributed by atoms with Gasteiger partial charge in [0.2, 0.25) is 0 Å². The normalized spacial score (nSPS) is 11.6. The van der Waals surface area contributed by atoms with Crippen LogP contribution in [0.25, 0.3) is 75.6 Å². The summed E-state index contributed by atoms with van der Waals surface area (Å²) in [5, 5.41) is 7.20. The largest absolute Gasteiger partial charge is 0.247 e. The van der Waals surface area contributed by atoms with Crippen molar-refractivity contribution in [2.24, 2.45) is 0 Å². The van der Waals surface area contributed by atoms with E-state index >= 15 is 0 Å². The Kier molecular flexibility index (Phi) is 5.04. The highest BCUT2D eigenvalue weighted by molar-refractivity contribution is 7.21. The molecular weight excluding hydrogens is 492 g/mol. The SMILES string of the molecule is c1ccc(-c2nc3cc(-c4ccc(-c5nc6ccccc6c6c5ccc5ccccc56)cc4)ccc3s2)cc1. The van der Waals surface area contributed by atoms with Crippen LogP contribution in [-0.4, -0.2) is 9.97 Å². The van der Waals surface area contributed by atoms with Crippen molar-refractivity contribution < 1.29 is 0 Å². The van der Waals surface area contributed by atoms with E-state index in [-0.39, 0.29) is 0 Å². The molecule has 0 amide bonds. The highest BCUT2D eigenvalue weighted by Crippen LogP contribution is 2.38. The van der Waals surface area contributed by atoms with Crippen molar-refractivity contribution >= 4 is 54.0 Å². The van der Waals surface area contributed by atoms with Crippen LogP contribution < -0.4 is 0 Å². The van der Waals surface area contributed by atoms with Crippen LogP contribution in [0, 0.1) is 0 Å². The highest BCUT2D eigenvalue weighted by Gasteiger charge is 2.13. The fraction of sp³-hybridized carbons (Fsp3) is 0. The summed E-state index contributed by atoms with van der Waals surface area (Å²) in [6.45, 7) is 0. The summed E-state index contributed by atoms with van der Waals surface area (Å²) < 4.78 is 1.20. The second-order valence-electron chi connectivity index (χ2n) is 9.83. The molecule has 0 saturated heterocycles. The Morgan fingerprint density at radius 1 is 0.436 bits per heavy atom. The number of fused-ring (bicyclic) bond motifs is 6. The first-order chi connectivity index (χ1) is 19.3. The first-order valence-electron chi connectivity index (χ1n) is 13.1. The van der Waals surface area contributed by atoms with Crippen molar-refractivity contribution in [3.8, 4) is 33.0 Å². The average Bonchev–Trinajstić information content (AvgIpc) is 3.45. The molecule has 0 unspecified atom stereocenters. The van der Waals surface area contributed by atoms with Crippen molar-refractivity contribution in [2.75, 3.05) is 0 Å². The molecular formula is C36H22N2S. The van der Waals surface area contributed by atoms with Gasteiger partial charge in [0.1, 0.15) is 5.01 Å². The van der Waals surface area contributed by atoms with E-state index in [1.54, 1.807) is 11.3 Å². The molecule has 0 N–H and O–H groups in total. The lowest BCUT2D eigenvalue weighted by Gasteiger charge is -2.13. The van der Waals surface area contributed by atoms with E-state index in [2.05, 4.69) is 127 Å². The van der Waals surface area contributed by atoms with Crippen molar-refractivity contribution in [1.29, 1.82) is 0 Å². The molecule has 0 saturated carbocycles. The van der Waals surface area contributed by atoms with Gasteiger partial charge in [0.05, 0.1) is 21.4 Å². The van der Waals surface area contributed by atoms with Gasteiger partial charge in [0.15, 0.2) is 0 Å². The zero-order valence-electron chi connectivity index (χ0n) is 21.0. The molecule has 8 rings (SSSR count). The molecule has 0 radical (unpaired) electrons. The second kappa shape index (κ2) is 8.87. The number of hydrogen-bond donors (Lipinski definition) is 0. The predicted octanol–water partition coefficient (Wildman–Crippen LogP) is 10.2. The van der Waals surface area contributed by atoms with Gasteiger partial charge < -0.3 is 0 Å². The molecule has 0 fully saturated rings. The van der Waals surface area contributed by atoms with Crippen LogP contribution in [-0.2, 0) is 0 Å². The standard InChI is InChI=1S/C36H22N2S/c1-2-9-26(10-3-1)36-38-32-22-27(19-21-33(32)39-36)23-14-16-25(17-15-23)35-30-20-18-24-8-4-5-11-28(24)34(30)29-12-6-7-13-31(29)37-35/h1-22H. The Morgan fingerprint density at radius 3 is 2.03 bits per heavy atom. The number of thiazole rings is 1. The number of nitrogens with zero attached hydrogens (tertiary/aromatic N) is 2. The Labute approximate surface area is 229 Å². The molecule has 0 aliphatic carbocycles. The Bertz CT molecular complexity index is 2140. The molecule has 2 aromatic heterocycles. The van der Waals surface area contributed by atoms with Crippen LogP contribution in [0.3, 0.4) is 0 Å². The van der Waals surface area contributed by atoms with Crippen LogP contribution in [0.1, 0.15) is 0 Å². The summed E-state index contributed by atoms with van der Waals surface area (Å²) in [7, 11) is 0. The molecule has 3 heteroatoms. The zero-order valence-corrected chi connectivity index (χ0v) is 21.8. The van der Waals surface area contributed by atoms with Gasteiger partial charge >= 0.3 is 0 Å². The molecule has 2 nitrogen and oxygen atoms in total. The monoisotopic (exact) mass is 514 g/mol. The van der Waals surface area contributed by atoms with Crippen LogP contribution in [0.4, 0.5) is 0 Å². The first-order valence-corrected chi connectivity index (χ1v) is 13.9. The van der Waals surface area contributed by atoms with E-state index in [9.17, 15) is 0 Å². The molecule has 0 atom stereocenters. The van der Waals surface area contributed by atoms with Crippen molar-refractivity contribution in [2.45, 2.75) is 0 Å². The fourth-order valence-corrected chi connectivity index (χ4v) is 6.53. The molecule has 0 aliphatic heterocycles. The lowest BCUT2D eigenvalue weighted by Crippen LogP contribution is -1.91. The van der Waals surface area contributed by atoms with Crippen LogP contribution >= 0.6 is 11.3 Å². The summed E-state index contributed by atoms with van der Waals surface area (Å²) in [5.41, 5.74) is 7.69. The number of hydrogen-bond acceptors (Lipinski definition) is 3. The maximum absolute atomic E-state index is 5.15. The number of para-hydroxylation sites is 1. The van der Waals surface area contributed by atoms with E-state index in [0.29, 0.717) is 0 Å².